The second kappa shape index (κ2) is 12.4. The second-order valence-electron chi connectivity index (χ2n) is 8.19. The molecule has 0 saturated carbocycles. The van der Waals surface area contributed by atoms with E-state index < -0.39 is 22.0 Å². The van der Waals surface area contributed by atoms with Crippen LogP contribution >= 0.6 is 0 Å². The van der Waals surface area contributed by atoms with E-state index in [1.54, 1.807) is 26.0 Å². The van der Waals surface area contributed by atoms with E-state index >= 15 is 0 Å². The van der Waals surface area contributed by atoms with Crippen molar-refractivity contribution >= 4 is 22.0 Å². The largest absolute Gasteiger partial charge is 0.450 e. The van der Waals surface area contributed by atoms with Gasteiger partial charge in [-0.05, 0) is 49.4 Å². The minimum atomic E-state index is -3.82. The molecule has 0 heterocycles. The Morgan fingerprint density at radius 3 is 2.39 bits per heavy atom. The molecule has 0 saturated heterocycles. The van der Waals surface area contributed by atoms with Crippen molar-refractivity contribution in [3.05, 3.63) is 65.2 Å². The van der Waals surface area contributed by atoms with Gasteiger partial charge < -0.3 is 15.4 Å². The van der Waals surface area contributed by atoms with Crippen LogP contribution in [0, 0.1) is 12.8 Å². The number of amides is 2. The summed E-state index contributed by atoms with van der Waals surface area (Å²) < 4.78 is 33.2. The topological polar surface area (TPSA) is 114 Å². The number of hydrogen-bond acceptors (Lipinski definition) is 5. The van der Waals surface area contributed by atoms with Gasteiger partial charge in [0.1, 0.15) is 0 Å². The Hall–Kier alpha value is -2.91. The van der Waals surface area contributed by atoms with Crippen molar-refractivity contribution in [1.82, 2.24) is 15.4 Å². The van der Waals surface area contributed by atoms with Crippen LogP contribution < -0.4 is 15.4 Å². The fourth-order valence-corrected chi connectivity index (χ4v) is 4.59. The Morgan fingerprint density at radius 2 is 1.76 bits per heavy atom. The predicted molar refractivity (Wildman–Crippen MR) is 127 cm³/mol. The van der Waals surface area contributed by atoms with Gasteiger partial charge in [0.25, 0.3) is 5.91 Å². The van der Waals surface area contributed by atoms with Crippen molar-refractivity contribution in [2.45, 2.75) is 51.6 Å². The van der Waals surface area contributed by atoms with Crippen LogP contribution in [0.15, 0.2) is 53.4 Å². The zero-order valence-corrected chi connectivity index (χ0v) is 20.4. The van der Waals surface area contributed by atoms with Crippen LogP contribution in [0.4, 0.5) is 4.79 Å². The number of nitrogens with one attached hydrogen (secondary N) is 3. The van der Waals surface area contributed by atoms with Gasteiger partial charge in [0.05, 0.1) is 11.5 Å². The third kappa shape index (κ3) is 8.51. The number of hydrogen-bond donors (Lipinski definition) is 3. The van der Waals surface area contributed by atoms with Crippen molar-refractivity contribution in [2.24, 2.45) is 5.92 Å². The second-order valence-corrected chi connectivity index (χ2v) is 9.93. The Bertz CT molecular complexity index is 1040. The van der Waals surface area contributed by atoms with E-state index in [2.05, 4.69) is 15.4 Å². The maximum atomic E-state index is 12.9. The van der Waals surface area contributed by atoms with E-state index in [9.17, 15) is 18.0 Å². The molecule has 0 aliphatic carbocycles. The lowest BCUT2D eigenvalue weighted by Crippen LogP contribution is -2.44. The minimum absolute atomic E-state index is 0.0504. The first kappa shape index (κ1) is 26.3. The molecule has 0 bridgehead atoms. The molecule has 8 nitrogen and oxygen atoms in total. The number of aryl methyl sites for hydroxylation is 1. The predicted octanol–water partition coefficient (Wildman–Crippen LogP) is 3.36. The highest BCUT2D eigenvalue weighted by atomic mass is 32.2. The number of carbonyl (C=O) groups is 2. The van der Waals surface area contributed by atoms with Gasteiger partial charge in [-0.3, -0.25) is 4.79 Å². The van der Waals surface area contributed by atoms with Crippen LogP contribution in [-0.2, 0) is 21.3 Å². The summed E-state index contributed by atoms with van der Waals surface area (Å²) in [6.45, 7) is 8.03. The van der Waals surface area contributed by atoms with Crippen LogP contribution in [0.2, 0.25) is 0 Å². The van der Waals surface area contributed by atoms with Gasteiger partial charge in [-0.2, -0.15) is 0 Å². The molecule has 2 aromatic rings. The van der Waals surface area contributed by atoms with E-state index in [0.717, 1.165) is 5.56 Å². The van der Waals surface area contributed by atoms with Crippen LogP contribution in [0.3, 0.4) is 0 Å². The first-order valence-corrected chi connectivity index (χ1v) is 12.5. The molecule has 0 fully saturated rings. The highest BCUT2D eigenvalue weighted by molar-refractivity contribution is 7.89. The van der Waals surface area contributed by atoms with Gasteiger partial charge in [-0.1, -0.05) is 50.2 Å². The molecule has 0 aromatic heterocycles. The summed E-state index contributed by atoms with van der Waals surface area (Å²) in [5, 5.41) is 5.53. The van der Waals surface area contributed by atoms with E-state index in [4.69, 9.17) is 4.74 Å². The van der Waals surface area contributed by atoms with Crippen LogP contribution in [-0.4, -0.2) is 39.6 Å². The molecule has 0 aliphatic rings. The molecule has 9 heteroatoms. The average Bonchev–Trinajstić information content (AvgIpc) is 2.76. The van der Waals surface area contributed by atoms with Gasteiger partial charge >= 0.3 is 6.09 Å². The van der Waals surface area contributed by atoms with Crippen LogP contribution in [0.1, 0.15) is 48.7 Å². The third-order valence-electron chi connectivity index (χ3n) is 4.91. The quantitative estimate of drug-likeness (QED) is 0.461. The van der Waals surface area contributed by atoms with Gasteiger partial charge in [-0.15, -0.1) is 0 Å². The lowest BCUT2D eigenvalue weighted by molar-refractivity contribution is 0.0944. The number of benzene rings is 2. The lowest BCUT2D eigenvalue weighted by Gasteiger charge is -2.21. The molecule has 1 unspecified atom stereocenters. The number of sulfonamides is 1. The molecule has 1 atom stereocenters. The zero-order valence-electron chi connectivity index (χ0n) is 19.6. The van der Waals surface area contributed by atoms with Crippen LogP contribution in [0.5, 0.6) is 0 Å². The molecule has 180 valence electrons. The third-order valence-corrected chi connectivity index (χ3v) is 6.45. The van der Waals surface area contributed by atoms with Crippen LogP contribution in [0.25, 0.3) is 0 Å². The van der Waals surface area contributed by atoms with E-state index in [1.165, 1.54) is 6.07 Å². The summed E-state index contributed by atoms with van der Waals surface area (Å²) in [6, 6.07) is 13.4. The first-order valence-electron chi connectivity index (χ1n) is 11.0. The monoisotopic (exact) mass is 475 g/mol. The summed E-state index contributed by atoms with van der Waals surface area (Å²) in [4.78, 5) is 24.6. The van der Waals surface area contributed by atoms with Gasteiger partial charge in [0.15, 0.2) is 0 Å². The summed E-state index contributed by atoms with van der Waals surface area (Å²) in [5.41, 5.74) is 1.59. The summed E-state index contributed by atoms with van der Waals surface area (Å²) in [5.74, 6) is -0.130. The van der Waals surface area contributed by atoms with E-state index in [0.29, 0.717) is 17.9 Å². The van der Waals surface area contributed by atoms with Gasteiger partial charge in [0.2, 0.25) is 10.0 Å². The SMILES string of the molecule is CCOC(=O)NC(CNC(=O)c1ccc(C)c(S(=O)(=O)NCc2ccccc2)c1)CC(C)C. The summed E-state index contributed by atoms with van der Waals surface area (Å²) >= 11 is 0. The number of rotatable bonds is 11. The van der Waals surface area contributed by atoms with Crippen molar-refractivity contribution in [1.29, 1.82) is 0 Å². The van der Waals surface area contributed by atoms with Gasteiger partial charge in [-0.25, -0.2) is 17.9 Å². The van der Waals surface area contributed by atoms with Crippen molar-refractivity contribution in [3.63, 3.8) is 0 Å². The number of alkyl carbamates (subject to hydrolysis) is 1. The number of carbonyl (C=O) groups excluding carboxylic acids is 2. The highest BCUT2D eigenvalue weighted by Crippen LogP contribution is 2.18. The highest BCUT2D eigenvalue weighted by Gasteiger charge is 2.20. The van der Waals surface area contributed by atoms with Crippen molar-refractivity contribution in [3.8, 4) is 0 Å². The molecule has 33 heavy (non-hydrogen) atoms. The average molecular weight is 476 g/mol. The Balaban J connectivity index is 2.09. The Morgan fingerprint density at radius 1 is 1.06 bits per heavy atom. The molecule has 0 aliphatic heterocycles. The Labute approximate surface area is 196 Å². The van der Waals surface area contributed by atoms with Crippen molar-refractivity contribution < 1.29 is 22.7 Å². The van der Waals surface area contributed by atoms with E-state index in [1.807, 2.05) is 44.2 Å². The smallest absolute Gasteiger partial charge is 0.407 e. The van der Waals surface area contributed by atoms with Gasteiger partial charge in [0, 0.05) is 24.7 Å². The normalized spacial score (nSPS) is 12.3. The van der Waals surface area contributed by atoms with E-state index in [-0.39, 0.29) is 36.2 Å². The molecular formula is C24H33N3O5S. The fourth-order valence-electron chi connectivity index (χ4n) is 3.30. The molecule has 0 radical (unpaired) electrons. The Kier molecular flexibility index (Phi) is 9.87. The number of ether oxygens (including phenoxy) is 1. The molecule has 0 spiro atoms. The molecule has 2 aromatic carbocycles. The minimum Gasteiger partial charge on any atom is -0.450 e. The first-order chi connectivity index (χ1) is 15.6. The lowest BCUT2D eigenvalue weighted by atomic mass is 10.0. The molecular weight excluding hydrogens is 442 g/mol. The maximum Gasteiger partial charge on any atom is 0.407 e. The van der Waals surface area contributed by atoms with Crippen molar-refractivity contribution in [2.75, 3.05) is 13.2 Å². The zero-order chi connectivity index (χ0) is 24.4. The summed E-state index contributed by atoms with van der Waals surface area (Å²) in [7, 11) is -3.82. The fraction of sp³-hybridized carbons (Fsp3) is 0.417. The molecule has 2 amide bonds. The molecule has 2 rings (SSSR count). The molecule has 3 N–H and O–H groups in total. The maximum absolute atomic E-state index is 12.9. The standard InChI is InChI=1S/C24H33N3O5S/c1-5-32-24(29)27-21(13-17(2)3)16-25-23(28)20-12-11-18(4)22(14-20)33(30,31)26-15-19-9-7-6-8-10-19/h6-12,14,17,21,26H,5,13,15-16H2,1-4H3,(H,25,28)(H,27,29). The summed E-state index contributed by atoms with van der Waals surface area (Å²) in [6.07, 6.45) is 0.112.